The zero-order valence-corrected chi connectivity index (χ0v) is 11.9. The summed E-state index contributed by atoms with van der Waals surface area (Å²) < 4.78 is 4.05. The lowest BCUT2D eigenvalue weighted by molar-refractivity contribution is 0.634. The Labute approximate surface area is 111 Å². The second-order valence-corrected chi connectivity index (χ2v) is 4.96. The van der Waals surface area contributed by atoms with E-state index in [1.54, 1.807) is 17.8 Å². The fourth-order valence-electron chi connectivity index (χ4n) is 1.75. The fraction of sp³-hybridized carbons (Fsp3) is 0.364. The van der Waals surface area contributed by atoms with Crippen LogP contribution in [0.1, 0.15) is 17.0 Å². The molecule has 96 valence electrons. The van der Waals surface area contributed by atoms with Crippen molar-refractivity contribution >= 4 is 15.9 Å². The van der Waals surface area contributed by atoms with Gasteiger partial charge in [0, 0.05) is 18.8 Å². The van der Waals surface area contributed by atoms with E-state index in [0.717, 1.165) is 15.9 Å². The lowest BCUT2D eigenvalue weighted by Gasteiger charge is -2.07. The molecule has 0 atom stereocenters. The maximum Gasteiger partial charge on any atom is 0.328 e. The van der Waals surface area contributed by atoms with Crippen molar-refractivity contribution in [1.29, 1.82) is 0 Å². The zero-order valence-electron chi connectivity index (χ0n) is 10.3. The van der Waals surface area contributed by atoms with E-state index in [1.165, 1.54) is 4.57 Å². The molecule has 0 unspecified atom stereocenters. The Kier molecular flexibility index (Phi) is 3.25. The van der Waals surface area contributed by atoms with Crippen LogP contribution in [0.25, 0.3) is 0 Å². The number of aromatic amines is 1. The van der Waals surface area contributed by atoms with Crippen LogP contribution >= 0.6 is 15.9 Å². The molecule has 2 aromatic heterocycles. The van der Waals surface area contributed by atoms with Crippen molar-refractivity contribution in [2.45, 2.75) is 20.4 Å². The number of rotatable bonds is 2. The van der Waals surface area contributed by atoms with Crippen molar-refractivity contribution in [2.24, 2.45) is 7.05 Å². The van der Waals surface area contributed by atoms with Crippen molar-refractivity contribution in [3.63, 3.8) is 0 Å². The molecule has 1 N–H and O–H groups in total. The number of halogens is 1. The van der Waals surface area contributed by atoms with Crippen molar-refractivity contribution < 1.29 is 0 Å². The van der Waals surface area contributed by atoms with Gasteiger partial charge in [-0.3, -0.25) is 19.0 Å². The van der Waals surface area contributed by atoms with Crippen molar-refractivity contribution in [1.82, 2.24) is 19.3 Å². The number of aromatic nitrogens is 4. The van der Waals surface area contributed by atoms with Crippen molar-refractivity contribution in [3.8, 4) is 0 Å². The fourth-order valence-corrected chi connectivity index (χ4v) is 2.21. The Hall–Kier alpha value is -1.63. The molecule has 0 radical (unpaired) electrons. The first kappa shape index (κ1) is 12.8. The van der Waals surface area contributed by atoms with Gasteiger partial charge in [-0.25, -0.2) is 4.79 Å². The van der Waals surface area contributed by atoms with Gasteiger partial charge in [-0.15, -0.1) is 0 Å². The molecule has 2 rings (SSSR count). The predicted molar refractivity (Wildman–Crippen MR) is 70.8 cm³/mol. The molecule has 0 saturated heterocycles. The summed E-state index contributed by atoms with van der Waals surface area (Å²) in [6.07, 6.45) is 1.55. The lowest BCUT2D eigenvalue weighted by atomic mass is 10.3. The number of hydrogen-bond acceptors (Lipinski definition) is 3. The van der Waals surface area contributed by atoms with E-state index >= 15 is 0 Å². The number of aryl methyl sites for hydroxylation is 3. The van der Waals surface area contributed by atoms with Crippen LogP contribution in [-0.2, 0) is 13.6 Å². The molecule has 0 aliphatic heterocycles. The van der Waals surface area contributed by atoms with Crippen LogP contribution in [0.2, 0.25) is 0 Å². The van der Waals surface area contributed by atoms with Gasteiger partial charge in [0.15, 0.2) is 0 Å². The third-order valence-electron chi connectivity index (χ3n) is 2.77. The summed E-state index contributed by atoms with van der Waals surface area (Å²) in [7, 11) is 1.82. The van der Waals surface area contributed by atoms with Crippen LogP contribution in [-0.4, -0.2) is 19.3 Å². The monoisotopic (exact) mass is 312 g/mol. The Bertz CT molecular complexity index is 711. The molecule has 2 aromatic rings. The molecule has 0 aliphatic carbocycles. The second-order valence-electron chi connectivity index (χ2n) is 4.17. The summed E-state index contributed by atoms with van der Waals surface area (Å²) in [5.41, 5.74) is 1.47. The van der Waals surface area contributed by atoms with Gasteiger partial charge in [0.05, 0.1) is 22.4 Å². The molecule has 0 bridgehead atoms. The summed E-state index contributed by atoms with van der Waals surface area (Å²) in [4.78, 5) is 25.3. The summed E-state index contributed by atoms with van der Waals surface area (Å²) in [6, 6.07) is 0. The van der Waals surface area contributed by atoms with Gasteiger partial charge >= 0.3 is 5.69 Å². The van der Waals surface area contributed by atoms with Gasteiger partial charge in [-0.05, 0) is 29.8 Å². The average molecular weight is 313 g/mol. The maximum absolute atomic E-state index is 11.7. The maximum atomic E-state index is 11.7. The minimum atomic E-state index is -0.420. The van der Waals surface area contributed by atoms with Gasteiger partial charge in [0.2, 0.25) is 0 Å². The van der Waals surface area contributed by atoms with Gasteiger partial charge in [0.1, 0.15) is 0 Å². The zero-order chi connectivity index (χ0) is 13.4. The molecule has 0 aliphatic rings. The van der Waals surface area contributed by atoms with E-state index in [-0.39, 0.29) is 5.56 Å². The number of hydrogen-bond donors (Lipinski definition) is 1. The highest BCUT2D eigenvalue weighted by Crippen LogP contribution is 2.20. The highest BCUT2D eigenvalue weighted by Gasteiger charge is 2.12. The van der Waals surface area contributed by atoms with Gasteiger partial charge < -0.3 is 0 Å². The van der Waals surface area contributed by atoms with Crippen LogP contribution in [0.3, 0.4) is 0 Å². The minimum absolute atomic E-state index is 0.350. The summed E-state index contributed by atoms with van der Waals surface area (Å²) in [5, 5.41) is 4.26. The summed E-state index contributed by atoms with van der Waals surface area (Å²) >= 11 is 3.45. The van der Waals surface area contributed by atoms with E-state index in [4.69, 9.17) is 0 Å². The highest BCUT2D eigenvalue weighted by molar-refractivity contribution is 9.10. The summed E-state index contributed by atoms with van der Waals surface area (Å²) in [5.74, 6) is 0. The largest absolute Gasteiger partial charge is 0.328 e. The molecule has 0 spiro atoms. The standard InChI is InChI=1S/C11H13BrN4O2/c1-6-4-16(11(18)13-10(6)17)5-8-9(12)7(2)14-15(8)3/h4H,5H2,1-3H3,(H,13,17,18). The SMILES string of the molecule is Cc1nn(C)c(Cn2cc(C)c(=O)[nH]c2=O)c1Br. The molecular formula is C11H13BrN4O2. The first-order chi connectivity index (χ1) is 8.40. The van der Waals surface area contributed by atoms with E-state index in [2.05, 4.69) is 26.0 Å². The molecule has 0 aromatic carbocycles. The number of nitrogens with one attached hydrogen (secondary N) is 1. The van der Waals surface area contributed by atoms with E-state index < -0.39 is 5.69 Å². The van der Waals surface area contributed by atoms with E-state index in [0.29, 0.717) is 12.1 Å². The molecule has 0 saturated carbocycles. The average Bonchev–Trinajstić information content (AvgIpc) is 2.52. The highest BCUT2D eigenvalue weighted by atomic mass is 79.9. The normalized spacial score (nSPS) is 10.9. The molecule has 6 nitrogen and oxygen atoms in total. The summed E-state index contributed by atoms with van der Waals surface area (Å²) in [6.45, 7) is 3.90. The van der Waals surface area contributed by atoms with Crippen LogP contribution in [0.5, 0.6) is 0 Å². The Morgan fingerprint density at radius 2 is 2.06 bits per heavy atom. The van der Waals surface area contributed by atoms with E-state index in [1.807, 2.05) is 14.0 Å². The second kappa shape index (κ2) is 4.56. The first-order valence-electron chi connectivity index (χ1n) is 5.38. The van der Waals surface area contributed by atoms with E-state index in [9.17, 15) is 9.59 Å². The molecule has 0 fully saturated rings. The topological polar surface area (TPSA) is 72.7 Å². The lowest BCUT2D eigenvalue weighted by Crippen LogP contribution is -2.31. The van der Waals surface area contributed by atoms with Crippen LogP contribution < -0.4 is 11.2 Å². The molecule has 0 amide bonds. The molecular weight excluding hydrogens is 300 g/mol. The van der Waals surface area contributed by atoms with Gasteiger partial charge in [-0.2, -0.15) is 5.10 Å². The predicted octanol–water partition coefficient (Wildman–Crippen LogP) is 0.698. The molecule has 7 heteroatoms. The van der Waals surface area contributed by atoms with Gasteiger partial charge in [-0.1, -0.05) is 0 Å². The minimum Gasteiger partial charge on any atom is -0.294 e. The van der Waals surface area contributed by atoms with Gasteiger partial charge in [0.25, 0.3) is 5.56 Å². The van der Waals surface area contributed by atoms with Crippen molar-refractivity contribution in [2.75, 3.05) is 0 Å². The van der Waals surface area contributed by atoms with Crippen molar-refractivity contribution in [3.05, 3.63) is 48.5 Å². The first-order valence-corrected chi connectivity index (χ1v) is 6.17. The molecule has 2 heterocycles. The smallest absolute Gasteiger partial charge is 0.294 e. The third kappa shape index (κ3) is 2.17. The quantitative estimate of drug-likeness (QED) is 0.887. The van der Waals surface area contributed by atoms with Crippen LogP contribution in [0, 0.1) is 13.8 Å². The Morgan fingerprint density at radius 3 is 2.61 bits per heavy atom. The number of H-pyrrole nitrogens is 1. The van der Waals surface area contributed by atoms with Crippen LogP contribution in [0.4, 0.5) is 0 Å². The molecule has 18 heavy (non-hydrogen) atoms. The Balaban J connectivity index is 2.50. The third-order valence-corrected chi connectivity index (χ3v) is 3.80. The number of nitrogens with zero attached hydrogens (tertiary/aromatic N) is 3. The Morgan fingerprint density at radius 1 is 1.39 bits per heavy atom. The van der Waals surface area contributed by atoms with Crippen LogP contribution in [0.15, 0.2) is 20.3 Å².